The fourth-order valence-corrected chi connectivity index (χ4v) is 4.23. The number of ether oxygens (including phenoxy) is 2. The van der Waals surface area contributed by atoms with Crippen LogP contribution < -0.4 is 19.1 Å². The second-order valence-electron chi connectivity index (χ2n) is 6.02. The third kappa shape index (κ3) is 5.08. The number of halogens is 1. The lowest BCUT2D eigenvalue weighted by molar-refractivity contribution is -0.117. The zero-order chi connectivity index (χ0) is 20.9. The molecule has 28 heavy (non-hydrogen) atoms. The van der Waals surface area contributed by atoms with Gasteiger partial charge in [-0.15, -0.1) is 0 Å². The van der Waals surface area contributed by atoms with Gasteiger partial charge in [0.25, 0.3) is 0 Å². The molecular weight excluding hydrogens is 404 g/mol. The van der Waals surface area contributed by atoms with Gasteiger partial charge < -0.3 is 14.8 Å². The van der Waals surface area contributed by atoms with E-state index in [0.29, 0.717) is 17.2 Å². The molecule has 1 amide bonds. The Morgan fingerprint density at radius 2 is 1.89 bits per heavy atom. The van der Waals surface area contributed by atoms with E-state index in [1.165, 1.54) is 20.3 Å². The molecule has 0 aliphatic rings. The van der Waals surface area contributed by atoms with Gasteiger partial charge in [0.15, 0.2) is 0 Å². The van der Waals surface area contributed by atoms with Crippen molar-refractivity contribution >= 4 is 38.9 Å². The maximum Gasteiger partial charge on any atom is 0.248 e. The molecule has 0 bridgehead atoms. The smallest absolute Gasteiger partial charge is 0.248 e. The number of benzene rings is 2. The molecule has 0 radical (unpaired) electrons. The molecule has 0 aliphatic heterocycles. The van der Waals surface area contributed by atoms with E-state index in [4.69, 9.17) is 21.1 Å². The fraction of sp³-hybridized carbons (Fsp3) is 0.316. The van der Waals surface area contributed by atoms with E-state index in [-0.39, 0.29) is 17.1 Å². The molecule has 2 rings (SSSR count). The molecule has 0 spiro atoms. The summed E-state index contributed by atoms with van der Waals surface area (Å²) in [4.78, 5) is 12.9. The Bertz CT molecular complexity index is 949. The number of hydrogen-bond acceptors (Lipinski definition) is 5. The minimum atomic E-state index is -3.77. The maximum absolute atomic E-state index is 12.9. The first-order valence-electron chi connectivity index (χ1n) is 8.49. The van der Waals surface area contributed by atoms with Crippen LogP contribution in [0.3, 0.4) is 0 Å². The van der Waals surface area contributed by atoms with Gasteiger partial charge in [0.1, 0.15) is 17.5 Å². The van der Waals surface area contributed by atoms with Crippen molar-refractivity contribution in [3.63, 3.8) is 0 Å². The van der Waals surface area contributed by atoms with E-state index in [2.05, 4.69) is 5.32 Å². The van der Waals surface area contributed by atoms with Crippen LogP contribution in [0, 0.1) is 0 Å². The molecule has 0 aliphatic carbocycles. The normalized spacial score (nSPS) is 12.2. The number of rotatable bonds is 8. The molecule has 0 heterocycles. The lowest BCUT2D eigenvalue weighted by Crippen LogP contribution is -2.47. The molecule has 2 aromatic rings. The zero-order valence-electron chi connectivity index (χ0n) is 16.1. The number of anilines is 2. The highest BCUT2D eigenvalue weighted by atomic mass is 35.5. The van der Waals surface area contributed by atoms with Crippen molar-refractivity contribution in [1.29, 1.82) is 0 Å². The third-order valence-electron chi connectivity index (χ3n) is 4.06. The highest BCUT2D eigenvalue weighted by molar-refractivity contribution is 7.92. The Hall–Kier alpha value is -2.45. The zero-order valence-corrected chi connectivity index (χ0v) is 17.7. The Balaban J connectivity index is 2.40. The summed E-state index contributed by atoms with van der Waals surface area (Å²) in [7, 11) is -0.781. The van der Waals surface area contributed by atoms with Crippen molar-refractivity contribution < 1.29 is 22.7 Å². The van der Waals surface area contributed by atoms with Gasteiger partial charge in [-0.25, -0.2) is 8.42 Å². The Morgan fingerprint density at radius 3 is 2.43 bits per heavy atom. The molecule has 0 aromatic heterocycles. The van der Waals surface area contributed by atoms with Crippen LogP contribution in [0.4, 0.5) is 11.4 Å². The van der Waals surface area contributed by atoms with Crippen LogP contribution in [0.1, 0.15) is 13.3 Å². The van der Waals surface area contributed by atoms with Gasteiger partial charge in [-0.3, -0.25) is 9.10 Å². The SMILES string of the molecule is CC[C@H](C(=O)Nc1cccc(OC)c1)N(c1ccc(OC)c(Cl)c1)S(C)(=O)=O. The molecule has 1 atom stereocenters. The first-order valence-corrected chi connectivity index (χ1v) is 10.7. The number of carbonyl (C=O) groups is 1. The Labute approximate surface area is 170 Å². The molecule has 2 aromatic carbocycles. The summed E-state index contributed by atoms with van der Waals surface area (Å²) in [5, 5.41) is 2.99. The number of amides is 1. The molecule has 0 saturated heterocycles. The first-order chi connectivity index (χ1) is 13.2. The topological polar surface area (TPSA) is 84.9 Å². The molecular formula is C19H23ClN2O5S. The van der Waals surface area contributed by atoms with E-state index in [1.54, 1.807) is 43.3 Å². The molecule has 0 unspecified atom stereocenters. The van der Waals surface area contributed by atoms with Gasteiger partial charge in [0.05, 0.1) is 31.2 Å². The summed E-state index contributed by atoms with van der Waals surface area (Å²) in [6, 6.07) is 10.4. The van der Waals surface area contributed by atoms with Gasteiger partial charge in [-0.2, -0.15) is 0 Å². The van der Waals surface area contributed by atoms with Crippen LogP contribution >= 0.6 is 11.6 Å². The Kier molecular flexibility index (Phi) is 7.15. The van der Waals surface area contributed by atoms with Crippen molar-refractivity contribution in [2.45, 2.75) is 19.4 Å². The molecule has 0 fully saturated rings. The van der Waals surface area contributed by atoms with Gasteiger partial charge in [-0.1, -0.05) is 24.6 Å². The summed E-state index contributed by atoms with van der Waals surface area (Å²) >= 11 is 6.15. The fourth-order valence-electron chi connectivity index (χ4n) is 2.78. The van der Waals surface area contributed by atoms with Crippen molar-refractivity contribution in [2.24, 2.45) is 0 Å². The number of carbonyl (C=O) groups excluding carboxylic acids is 1. The van der Waals surface area contributed by atoms with Gasteiger partial charge >= 0.3 is 0 Å². The van der Waals surface area contributed by atoms with Crippen LogP contribution in [0.15, 0.2) is 42.5 Å². The predicted molar refractivity (Wildman–Crippen MR) is 111 cm³/mol. The number of hydrogen-bond donors (Lipinski definition) is 1. The first kappa shape index (κ1) is 21.8. The van der Waals surface area contributed by atoms with Gasteiger partial charge in [0.2, 0.25) is 15.9 Å². The highest BCUT2D eigenvalue weighted by Gasteiger charge is 2.32. The second kappa shape index (κ2) is 9.16. The summed E-state index contributed by atoms with van der Waals surface area (Å²) in [5.74, 6) is 0.522. The van der Waals surface area contributed by atoms with Crippen molar-refractivity contribution in [2.75, 3.05) is 30.1 Å². The average molecular weight is 427 g/mol. The molecule has 9 heteroatoms. The van der Waals surface area contributed by atoms with Crippen LogP contribution in [0.5, 0.6) is 11.5 Å². The van der Waals surface area contributed by atoms with E-state index in [0.717, 1.165) is 10.6 Å². The monoisotopic (exact) mass is 426 g/mol. The quantitative estimate of drug-likeness (QED) is 0.697. The number of nitrogens with zero attached hydrogens (tertiary/aromatic N) is 1. The van der Waals surface area contributed by atoms with Crippen LogP contribution in [-0.4, -0.2) is 40.8 Å². The van der Waals surface area contributed by atoms with Crippen LogP contribution in [0.25, 0.3) is 0 Å². The van der Waals surface area contributed by atoms with E-state index in [9.17, 15) is 13.2 Å². The van der Waals surface area contributed by atoms with Crippen molar-refractivity contribution in [1.82, 2.24) is 0 Å². The standard InChI is InChI=1S/C19H23ClN2O5S/c1-5-17(19(23)21-13-7-6-8-15(11-13)26-2)22(28(4,24)25)14-9-10-18(27-3)16(20)12-14/h6-12,17H,5H2,1-4H3,(H,21,23)/t17-/m1/s1. The molecule has 1 N–H and O–H groups in total. The summed E-state index contributed by atoms with van der Waals surface area (Å²) in [6.45, 7) is 1.74. The summed E-state index contributed by atoms with van der Waals surface area (Å²) < 4.78 is 36.3. The lowest BCUT2D eigenvalue weighted by Gasteiger charge is -2.30. The average Bonchev–Trinajstić information content (AvgIpc) is 2.64. The number of nitrogens with one attached hydrogen (secondary N) is 1. The van der Waals surface area contributed by atoms with Crippen molar-refractivity contribution in [3.05, 3.63) is 47.5 Å². The lowest BCUT2D eigenvalue weighted by atomic mass is 10.1. The second-order valence-corrected chi connectivity index (χ2v) is 8.29. The Morgan fingerprint density at radius 1 is 1.18 bits per heavy atom. The van der Waals surface area contributed by atoms with Crippen LogP contribution in [0.2, 0.25) is 5.02 Å². The molecule has 0 saturated carbocycles. The number of sulfonamides is 1. The van der Waals surface area contributed by atoms with Gasteiger partial charge in [0, 0.05) is 11.8 Å². The van der Waals surface area contributed by atoms with Crippen LogP contribution in [-0.2, 0) is 14.8 Å². The van der Waals surface area contributed by atoms with E-state index < -0.39 is 22.0 Å². The minimum Gasteiger partial charge on any atom is -0.497 e. The summed E-state index contributed by atoms with van der Waals surface area (Å²) in [5.41, 5.74) is 0.782. The highest BCUT2D eigenvalue weighted by Crippen LogP contribution is 2.32. The number of methoxy groups -OCH3 is 2. The minimum absolute atomic E-state index is 0.247. The van der Waals surface area contributed by atoms with E-state index >= 15 is 0 Å². The molecule has 152 valence electrons. The third-order valence-corrected chi connectivity index (χ3v) is 5.53. The maximum atomic E-state index is 12.9. The summed E-state index contributed by atoms with van der Waals surface area (Å²) in [6.07, 6.45) is 1.30. The predicted octanol–water partition coefficient (Wildman–Crippen LogP) is 3.54. The van der Waals surface area contributed by atoms with Gasteiger partial charge in [-0.05, 0) is 36.8 Å². The van der Waals surface area contributed by atoms with E-state index in [1.807, 2.05) is 0 Å². The van der Waals surface area contributed by atoms with Crippen molar-refractivity contribution in [3.8, 4) is 11.5 Å². The molecule has 7 nitrogen and oxygen atoms in total. The largest absolute Gasteiger partial charge is 0.497 e.